The van der Waals surface area contributed by atoms with E-state index < -0.39 is 5.97 Å². The zero-order valence-electron chi connectivity index (χ0n) is 11.9. The molecule has 0 amide bonds. The second-order valence-electron chi connectivity index (χ2n) is 5.33. The molecule has 4 nitrogen and oxygen atoms in total. The summed E-state index contributed by atoms with van der Waals surface area (Å²) in [5, 5.41) is 11.5. The Morgan fingerprint density at radius 2 is 2.10 bits per heavy atom. The van der Waals surface area contributed by atoms with Crippen LogP contribution in [0.5, 0.6) is 0 Å². The van der Waals surface area contributed by atoms with Crippen LogP contribution in [0.2, 0.25) is 0 Å². The summed E-state index contributed by atoms with van der Waals surface area (Å²) in [4.78, 5) is 17.1. The van der Waals surface area contributed by atoms with Crippen LogP contribution in [0.3, 0.4) is 0 Å². The molecule has 0 saturated carbocycles. The van der Waals surface area contributed by atoms with Gasteiger partial charge in [0.1, 0.15) is 0 Å². The Labute approximate surface area is 126 Å². The van der Waals surface area contributed by atoms with E-state index in [1.54, 1.807) is 29.8 Å². The maximum Gasteiger partial charge on any atom is 0.337 e. The van der Waals surface area contributed by atoms with Crippen LogP contribution in [0, 0.1) is 5.92 Å². The van der Waals surface area contributed by atoms with Gasteiger partial charge in [0.2, 0.25) is 0 Å². The monoisotopic (exact) mass is 300 g/mol. The number of hydrogen-bond acceptors (Lipinski definition) is 3. The van der Waals surface area contributed by atoms with E-state index in [1.807, 2.05) is 22.1 Å². The SMILES string of the molecule is CC(C)C(c1cccs1)n1cnc2cccc(C(=O)O)c21. The van der Waals surface area contributed by atoms with Crippen LogP contribution in [-0.4, -0.2) is 20.6 Å². The molecular formula is C16H16N2O2S. The van der Waals surface area contributed by atoms with Crippen molar-refractivity contribution in [1.82, 2.24) is 9.55 Å². The molecule has 0 aliphatic rings. The van der Waals surface area contributed by atoms with Crippen molar-refractivity contribution in [3.05, 3.63) is 52.5 Å². The van der Waals surface area contributed by atoms with Gasteiger partial charge >= 0.3 is 5.97 Å². The number of para-hydroxylation sites is 1. The molecule has 0 aliphatic carbocycles. The summed E-state index contributed by atoms with van der Waals surface area (Å²) in [6.07, 6.45) is 1.75. The average molecular weight is 300 g/mol. The summed E-state index contributed by atoms with van der Waals surface area (Å²) in [6.45, 7) is 4.28. The average Bonchev–Trinajstić information content (AvgIpc) is 3.09. The van der Waals surface area contributed by atoms with Crippen LogP contribution in [0.25, 0.3) is 11.0 Å². The Morgan fingerprint density at radius 3 is 2.71 bits per heavy atom. The van der Waals surface area contributed by atoms with E-state index in [0.29, 0.717) is 17.0 Å². The van der Waals surface area contributed by atoms with Crippen molar-refractivity contribution in [2.24, 2.45) is 5.92 Å². The third kappa shape index (κ3) is 2.34. The summed E-state index contributed by atoms with van der Waals surface area (Å²) in [6, 6.07) is 9.42. The zero-order valence-corrected chi connectivity index (χ0v) is 12.7. The molecule has 2 aromatic heterocycles. The highest BCUT2D eigenvalue weighted by molar-refractivity contribution is 7.10. The molecule has 1 unspecified atom stereocenters. The van der Waals surface area contributed by atoms with Gasteiger partial charge in [0.05, 0.1) is 29.0 Å². The first-order valence-electron chi connectivity index (χ1n) is 6.82. The second kappa shape index (κ2) is 5.33. The van der Waals surface area contributed by atoms with Gasteiger partial charge in [0, 0.05) is 4.88 Å². The third-order valence-corrected chi connectivity index (χ3v) is 4.53. The Morgan fingerprint density at radius 1 is 1.29 bits per heavy atom. The number of fused-ring (bicyclic) bond motifs is 1. The molecule has 2 heterocycles. The molecule has 3 aromatic rings. The van der Waals surface area contributed by atoms with Crippen molar-refractivity contribution < 1.29 is 9.90 Å². The number of carbonyl (C=O) groups is 1. The number of carboxylic acid groups (broad SMARTS) is 1. The Bertz CT molecular complexity index is 775. The standard InChI is InChI=1S/C16H16N2O2S/c1-10(2)14(13-7-4-8-21-13)18-9-17-12-6-3-5-11(15(12)18)16(19)20/h3-10,14H,1-2H3,(H,19,20). The Hall–Kier alpha value is -2.14. The number of nitrogens with zero attached hydrogens (tertiary/aromatic N) is 2. The fourth-order valence-electron chi connectivity index (χ4n) is 2.72. The number of aromatic nitrogens is 2. The molecule has 0 aliphatic heterocycles. The van der Waals surface area contributed by atoms with Crippen molar-refractivity contribution in [3.63, 3.8) is 0 Å². The minimum absolute atomic E-state index is 0.0931. The smallest absolute Gasteiger partial charge is 0.337 e. The molecule has 108 valence electrons. The van der Waals surface area contributed by atoms with Crippen LogP contribution in [0.4, 0.5) is 0 Å². The van der Waals surface area contributed by atoms with Gasteiger partial charge in [0.25, 0.3) is 0 Å². The number of thiophene rings is 1. The van der Waals surface area contributed by atoms with Gasteiger partial charge < -0.3 is 9.67 Å². The molecule has 0 bridgehead atoms. The van der Waals surface area contributed by atoms with Gasteiger partial charge in [0.15, 0.2) is 0 Å². The first kappa shape index (κ1) is 13.8. The number of aromatic carboxylic acids is 1. The van der Waals surface area contributed by atoms with Gasteiger partial charge in [-0.1, -0.05) is 26.0 Å². The largest absolute Gasteiger partial charge is 0.478 e. The minimum atomic E-state index is -0.920. The summed E-state index contributed by atoms with van der Waals surface area (Å²) in [5.41, 5.74) is 1.71. The first-order chi connectivity index (χ1) is 10.1. The number of benzene rings is 1. The summed E-state index contributed by atoms with van der Waals surface area (Å²) in [5.74, 6) is -0.584. The van der Waals surface area contributed by atoms with Gasteiger partial charge in [-0.15, -0.1) is 11.3 Å². The normalized spacial score (nSPS) is 12.9. The lowest BCUT2D eigenvalue weighted by Crippen LogP contribution is -2.16. The van der Waals surface area contributed by atoms with E-state index in [4.69, 9.17) is 0 Å². The second-order valence-corrected chi connectivity index (χ2v) is 6.31. The molecule has 1 atom stereocenters. The highest BCUT2D eigenvalue weighted by Gasteiger charge is 2.23. The van der Waals surface area contributed by atoms with Crippen molar-refractivity contribution in [2.45, 2.75) is 19.9 Å². The molecule has 21 heavy (non-hydrogen) atoms. The topological polar surface area (TPSA) is 55.1 Å². The summed E-state index contributed by atoms with van der Waals surface area (Å²) in [7, 11) is 0. The maximum atomic E-state index is 11.5. The van der Waals surface area contributed by atoms with E-state index in [0.717, 1.165) is 5.52 Å². The molecule has 0 fully saturated rings. The molecular weight excluding hydrogens is 284 g/mol. The predicted molar refractivity (Wildman–Crippen MR) is 84.0 cm³/mol. The van der Waals surface area contributed by atoms with Gasteiger partial charge in [-0.05, 0) is 29.5 Å². The molecule has 3 rings (SSSR count). The van der Waals surface area contributed by atoms with E-state index in [2.05, 4.69) is 24.9 Å². The van der Waals surface area contributed by atoms with Gasteiger partial charge in [-0.2, -0.15) is 0 Å². The Balaban J connectivity index is 2.26. The number of imidazole rings is 1. The lowest BCUT2D eigenvalue weighted by atomic mass is 10.0. The van der Waals surface area contributed by atoms with E-state index in [1.165, 1.54) is 4.88 Å². The zero-order chi connectivity index (χ0) is 15.0. The number of carboxylic acids is 1. The highest BCUT2D eigenvalue weighted by Crippen LogP contribution is 2.33. The minimum Gasteiger partial charge on any atom is -0.478 e. The highest BCUT2D eigenvalue weighted by atomic mass is 32.1. The molecule has 5 heteroatoms. The van der Waals surface area contributed by atoms with E-state index >= 15 is 0 Å². The van der Waals surface area contributed by atoms with Crippen LogP contribution in [0.1, 0.15) is 35.1 Å². The number of hydrogen-bond donors (Lipinski definition) is 1. The fourth-order valence-corrected chi connectivity index (χ4v) is 3.72. The maximum absolute atomic E-state index is 11.5. The van der Waals surface area contributed by atoms with Crippen molar-refractivity contribution >= 4 is 28.3 Å². The van der Waals surface area contributed by atoms with Crippen LogP contribution >= 0.6 is 11.3 Å². The summed E-state index contributed by atoms with van der Waals surface area (Å²) < 4.78 is 2.00. The third-order valence-electron chi connectivity index (χ3n) is 3.59. The lowest BCUT2D eigenvalue weighted by molar-refractivity contribution is 0.0698. The van der Waals surface area contributed by atoms with Crippen molar-refractivity contribution in [3.8, 4) is 0 Å². The first-order valence-corrected chi connectivity index (χ1v) is 7.70. The molecule has 0 spiro atoms. The van der Waals surface area contributed by atoms with E-state index in [9.17, 15) is 9.90 Å². The molecule has 1 aromatic carbocycles. The van der Waals surface area contributed by atoms with Crippen LogP contribution < -0.4 is 0 Å². The predicted octanol–water partition coefficient (Wildman–Crippen LogP) is 4.04. The fraction of sp³-hybridized carbons (Fsp3) is 0.250. The van der Waals surface area contributed by atoms with E-state index in [-0.39, 0.29) is 6.04 Å². The Kier molecular flexibility index (Phi) is 3.51. The molecule has 1 N–H and O–H groups in total. The quantitative estimate of drug-likeness (QED) is 0.791. The summed E-state index contributed by atoms with van der Waals surface area (Å²) >= 11 is 1.68. The lowest BCUT2D eigenvalue weighted by Gasteiger charge is -2.22. The van der Waals surface area contributed by atoms with Gasteiger partial charge in [-0.25, -0.2) is 9.78 Å². The van der Waals surface area contributed by atoms with Crippen molar-refractivity contribution in [1.29, 1.82) is 0 Å². The van der Waals surface area contributed by atoms with Crippen molar-refractivity contribution in [2.75, 3.05) is 0 Å². The molecule has 0 saturated heterocycles. The van der Waals surface area contributed by atoms with Crippen LogP contribution in [0.15, 0.2) is 42.0 Å². The van der Waals surface area contributed by atoms with Crippen LogP contribution in [-0.2, 0) is 0 Å². The molecule has 0 radical (unpaired) electrons. The van der Waals surface area contributed by atoms with Gasteiger partial charge in [-0.3, -0.25) is 0 Å². The number of rotatable bonds is 4.